The molecule has 1 heterocycles. The van der Waals surface area contributed by atoms with Gasteiger partial charge in [0, 0.05) is 41.8 Å². The number of hydrogen-bond donors (Lipinski definition) is 0. The van der Waals surface area contributed by atoms with Crippen LogP contribution in [0.2, 0.25) is 10.0 Å². The van der Waals surface area contributed by atoms with Crippen LogP contribution in [-0.4, -0.2) is 32.7 Å². The number of anilines is 1. The van der Waals surface area contributed by atoms with Gasteiger partial charge in [0.2, 0.25) is 0 Å². The molecule has 20 heavy (non-hydrogen) atoms. The largest absolute Gasteiger partial charge is 0.367 e. The minimum absolute atomic E-state index is 0.136. The zero-order valence-corrected chi connectivity index (χ0v) is 13.4. The zero-order chi connectivity index (χ0) is 15.1. The summed E-state index contributed by atoms with van der Waals surface area (Å²) in [5.41, 5.74) is 0.437. The lowest BCUT2D eigenvalue weighted by atomic mass is 10.1. The Morgan fingerprint density at radius 1 is 1.35 bits per heavy atom. The highest BCUT2D eigenvalue weighted by Gasteiger charge is 2.35. The van der Waals surface area contributed by atoms with Crippen LogP contribution in [0.4, 0.5) is 11.4 Å². The molecule has 0 saturated carbocycles. The minimum Gasteiger partial charge on any atom is -0.367 e. The van der Waals surface area contributed by atoms with Gasteiger partial charge in [-0.2, -0.15) is 0 Å². The second-order valence-electron chi connectivity index (χ2n) is 5.25. The third-order valence-corrected chi connectivity index (χ3v) is 5.75. The van der Waals surface area contributed by atoms with Crippen molar-refractivity contribution >= 4 is 45.4 Å². The van der Waals surface area contributed by atoms with E-state index in [4.69, 9.17) is 23.2 Å². The molecule has 0 aliphatic carbocycles. The van der Waals surface area contributed by atoms with E-state index in [0.29, 0.717) is 24.5 Å². The van der Waals surface area contributed by atoms with Crippen LogP contribution in [-0.2, 0) is 10.8 Å². The zero-order valence-electron chi connectivity index (χ0n) is 11.1. The van der Waals surface area contributed by atoms with Crippen LogP contribution in [0.15, 0.2) is 12.1 Å². The van der Waals surface area contributed by atoms with Gasteiger partial charge < -0.3 is 4.90 Å². The highest BCUT2D eigenvalue weighted by Crippen LogP contribution is 2.39. The summed E-state index contributed by atoms with van der Waals surface area (Å²) in [6.07, 6.45) is 0. The summed E-state index contributed by atoms with van der Waals surface area (Å²) in [5.74, 6) is 0.524. The maximum Gasteiger partial charge on any atom is 0.272 e. The predicted molar refractivity (Wildman–Crippen MR) is 82.4 cm³/mol. The molecule has 1 aliphatic heterocycles. The highest BCUT2D eigenvalue weighted by molar-refractivity contribution is 7.86. The van der Waals surface area contributed by atoms with Gasteiger partial charge in [-0.3, -0.25) is 14.3 Å². The fourth-order valence-corrected chi connectivity index (χ4v) is 4.18. The van der Waals surface area contributed by atoms with Gasteiger partial charge in [-0.1, -0.05) is 23.2 Å². The second-order valence-corrected chi connectivity index (χ2v) is 8.26. The van der Waals surface area contributed by atoms with E-state index in [1.165, 1.54) is 12.1 Å². The molecule has 0 spiro atoms. The summed E-state index contributed by atoms with van der Waals surface area (Å²) in [6.45, 7) is 4.94. The van der Waals surface area contributed by atoms with E-state index in [2.05, 4.69) is 0 Å². The quantitative estimate of drug-likeness (QED) is 0.614. The Hall–Kier alpha value is -0.850. The van der Waals surface area contributed by atoms with E-state index >= 15 is 0 Å². The van der Waals surface area contributed by atoms with Crippen LogP contribution in [0.5, 0.6) is 0 Å². The third kappa shape index (κ3) is 2.92. The Bertz CT molecular complexity index is 569. The van der Waals surface area contributed by atoms with Gasteiger partial charge >= 0.3 is 0 Å². The number of hydrogen-bond acceptors (Lipinski definition) is 4. The van der Waals surface area contributed by atoms with Crippen LogP contribution in [0.25, 0.3) is 0 Å². The molecule has 1 aliphatic rings. The second kappa shape index (κ2) is 5.50. The first-order valence-corrected chi connectivity index (χ1v) is 8.07. The number of nitro benzene ring substituents is 1. The molecule has 1 atom stereocenters. The lowest BCUT2D eigenvalue weighted by Crippen LogP contribution is -2.50. The topological polar surface area (TPSA) is 63.4 Å². The molecular weight excluding hydrogens is 323 g/mol. The number of non-ortho nitro benzene ring substituents is 1. The summed E-state index contributed by atoms with van der Waals surface area (Å²) in [5, 5.41) is 11.3. The van der Waals surface area contributed by atoms with Gasteiger partial charge in [-0.25, -0.2) is 0 Å². The first-order chi connectivity index (χ1) is 9.22. The Labute approximate surface area is 129 Å². The van der Waals surface area contributed by atoms with Crippen LogP contribution in [0.3, 0.4) is 0 Å². The Balaban J connectivity index is 2.39. The van der Waals surface area contributed by atoms with Gasteiger partial charge in [0.15, 0.2) is 0 Å². The SMILES string of the molecule is CC1(C)CN(c2c(Cl)cc([N+](=O)[O-])cc2Cl)CCS1=O. The summed E-state index contributed by atoms with van der Waals surface area (Å²) in [6, 6.07) is 2.59. The number of nitro groups is 1. The fourth-order valence-electron chi connectivity index (χ4n) is 2.23. The minimum atomic E-state index is -0.906. The molecule has 0 aromatic heterocycles. The molecule has 0 N–H and O–H groups in total. The predicted octanol–water partition coefficient (Wildman–Crippen LogP) is 3.25. The van der Waals surface area contributed by atoms with Gasteiger partial charge in [0.25, 0.3) is 5.69 Å². The molecule has 0 bridgehead atoms. The first kappa shape index (κ1) is 15.5. The van der Waals surface area contributed by atoms with Crippen molar-refractivity contribution in [2.24, 2.45) is 0 Å². The maximum atomic E-state index is 11.9. The Morgan fingerprint density at radius 3 is 2.35 bits per heavy atom. The smallest absolute Gasteiger partial charge is 0.272 e. The summed E-state index contributed by atoms with van der Waals surface area (Å²) >= 11 is 12.3. The molecule has 8 heteroatoms. The lowest BCUT2D eigenvalue weighted by molar-refractivity contribution is -0.384. The summed E-state index contributed by atoms with van der Waals surface area (Å²) in [7, 11) is -0.906. The first-order valence-electron chi connectivity index (χ1n) is 5.99. The van der Waals surface area contributed by atoms with Crippen molar-refractivity contribution in [3.8, 4) is 0 Å². The molecular formula is C12H14Cl2N2O3S. The highest BCUT2D eigenvalue weighted by atomic mass is 35.5. The van der Waals surface area contributed by atoms with Crippen molar-refractivity contribution in [3.63, 3.8) is 0 Å². The van der Waals surface area contributed by atoms with E-state index in [1.54, 1.807) is 0 Å². The van der Waals surface area contributed by atoms with Crippen molar-refractivity contribution in [1.29, 1.82) is 0 Å². The van der Waals surface area contributed by atoms with E-state index in [1.807, 2.05) is 18.7 Å². The molecule has 1 saturated heterocycles. The average Bonchev–Trinajstić information content (AvgIpc) is 2.32. The molecule has 1 aromatic rings. The van der Waals surface area contributed by atoms with Crippen LogP contribution in [0, 0.1) is 10.1 Å². The number of benzene rings is 1. The normalized spacial score (nSPS) is 21.8. The van der Waals surface area contributed by atoms with Gasteiger partial charge in [-0.15, -0.1) is 0 Å². The van der Waals surface area contributed by atoms with E-state index in [9.17, 15) is 14.3 Å². The Kier molecular flexibility index (Phi) is 4.27. The standard InChI is InChI=1S/C12H14Cl2N2O3S/c1-12(2)7-15(3-4-20(12)19)11-9(13)5-8(16(17)18)6-10(11)14/h5-6H,3-4,7H2,1-2H3. The molecule has 1 unspecified atom stereocenters. The van der Waals surface area contributed by atoms with Crippen LogP contribution in [0.1, 0.15) is 13.8 Å². The van der Waals surface area contributed by atoms with E-state index < -0.39 is 15.7 Å². The van der Waals surface area contributed by atoms with Crippen molar-refractivity contribution in [2.45, 2.75) is 18.6 Å². The van der Waals surface area contributed by atoms with Crippen molar-refractivity contribution in [1.82, 2.24) is 0 Å². The van der Waals surface area contributed by atoms with E-state index in [-0.39, 0.29) is 20.5 Å². The summed E-state index contributed by atoms with van der Waals surface area (Å²) < 4.78 is 11.6. The third-order valence-electron chi connectivity index (χ3n) is 3.26. The maximum absolute atomic E-state index is 11.9. The molecule has 1 fully saturated rings. The molecule has 2 rings (SSSR count). The van der Waals surface area contributed by atoms with E-state index in [0.717, 1.165) is 0 Å². The number of nitrogens with zero attached hydrogens (tertiary/aromatic N) is 2. The molecule has 110 valence electrons. The molecule has 0 amide bonds. The van der Waals surface area contributed by atoms with Crippen LogP contribution < -0.4 is 4.90 Å². The van der Waals surface area contributed by atoms with Gasteiger partial charge in [0.05, 0.1) is 25.4 Å². The van der Waals surface area contributed by atoms with Crippen LogP contribution >= 0.6 is 23.2 Å². The Morgan fingerprint density at radius 2 is 1.90 bits per heavy atom. The van der Waals surface area contributed by atoms with Crippen molar-refractivity contribution < 1.29 is 9.13 Å². The number of halogens is 2. The molecule has 1 aromatic carbocycles. The molecule has 0 radical (unpaired) electrons. The monoisotopic (exact) mass is 336 g/mol. The lowest BCUT2D eigenvalue weighted by Gasteiger charge is -2.39. The average molecular weight is 337 g/mol. The van der Waals surface area contributed by atoms with Gasteiger partial charge in [-0.05, 0) is 13.8 Å². The fraction of sp³-hybridized carbons (Fsp3) is 0.500. The van der Waals surface area contributed by atoms with Crippen molar-refractivity contribution in [2.75, 3.05) is 23.7 Å². The summed E-state index contributed by atoms with van der Waals surface area (Å²) in [4.78, 5) is 12.2. The molecule has 5 nitrogen and oxygen atoms in total. The number of rotatable bonds is 2. The van der Waals surface area contributed by atoms with Crippen molar-refractivity contribution in [3.05, 3.63) is 32.3 Å². The van der Waals surface area contributed by atoms with Gasteiger partial charge in [0.1, 0.15) is 0 Å².